The number of hydrogen-bond acceptors (Lipinski definition) is 28. The van der Waals surface area contributed by atoms with Gasteiger partial charge in [0.2, 0.25) is 0 Å². The molecular formula is C80H180O28Zr5. The van der Waals surface area contributed by atoms with Crippen molar-refractivity contribution in [1.29, 1.82) is 0 Å². The van der Waals surface area contributed by atoms with Crippen molar-refractivity contribution in [2.75, 3.05) is 132 Å². The van der Waals surface area contributed by atoms with Crippen LogP contribution in [0.4, 0.5) is 0 Å². The second-order valence-electron chi connectivity index (χ2n) is 31.0. The van der Waals surface area contributed by atoms with Crippen molar-refractivity contribution in [3.63, 3.8) is 0 Å². The SMILES string of the molecule is CCCC[O][Zr](=[O])([O-])([O]CCCC)([O]CCCC)([O]CCCC)[O]CCCC.CCCC[O][Zr](=[O])([O-])([O]CCCC)([O]CCCC)([O]CCCC)[O]CCCC.CCCC[O][Zr](=[O])([O-])([O]CCCC)([O]CCCC)([O]CCCC)[O]CCCC.CCCC[O][Zr](=[O])([O-])([O]CCCC)([O]CCCC)([O]CCCC)[O]CCCC.[Zr+4]. The summed E-state index contributed by atoms with van der Waals surface area (Å²) in [5, 5.41) is 0. The number of hydrogen-bond donors (Lipinski definition) is 0. The molecule has 0 fully saturated rings. The topological polar surface area (TPSA) is 345 Å². The first-order chi connectivity index (χ1) is 52.5. The fourth-order valence-electron chi connectivity index (χ4n) is 11.0. The van der Waals surface area contributed by atoms with E-state index in [0.717, 1.165) is 128 Å². The van der Waals surface area contributed by atoms with E-state index in [-0.39, 0.29) is 158 Å². The van der Waals surface area contributed by atoms with Crippen LogP contribution in [0.25, 0.3) is 0 Å². The minimum atomic E-state index is -8.83. The fourth-order valence-corrected chi connectivity index (χ4v) is 50.9. The molecule has 0 aliphatic carbocycles. The van der Waals surface area contributed by atoms with Gasteiger partial charge in [0.05, 0.1) is 0 Å². The molecule has 0 radical (unpaired) electrons. The molecule has 28 nitrogen and oxygen atoms in total. The van der Waals surface area contributed by atoms with E-state index in [1.165, 1.54) is 0 Å². The largest absolute Gasteiger partial charge is 4.00 e. The maximum absolute atomic E-state index is 14.7. The third kappa shape index (κ3) is 43.6. The smallest absolute Gasteiger partial charge is 4.00 e. The first kappa shape index (κ1) is 124. The molecular weight excluding hydrogens is 1860 g/mol. The van der Waals surface area contributed by atoms with Crippen LogP contribution in [-0.4, -0.2) is 132 Å². The first-order valence-corrected chi connectivity index (χ1v) is 73.7. The predicted molar refractivity (Wildman–Crippen MR) is 420 cm³/mol. The molecule has 0 saturated carbocycles. The third-order valence-electron chi connectivity index (χ3n) is 19.1. The van der Waals surface area contributed by atoms with Crippen molar-refractivity contribution in [1.82, 2.24) is 0 Å². The van der Waals surface area contributed by atoms with Crippen molar-refractivity contribution in [3.05, 3.63) is 0 Å². The minimum Gasteiger partial charge on any atom is 4.00 e. The van der Waals surface area contributed by atoms with Gasteiger partial charge in [0.15, 0.2) is 0 Å². The molecule has 0 rings (SSSR count). The van der Waals surface area contributed by atoms with E-state index in [9.17, 15) is 24.0 Å². The zero-order chi connectivity index (χ0) is 86.1. The van der Waals surface area contributed by atoms with Gasteiger partial charge in [0.25, 0.3) is 0 Å². The van der Waals surface area contributed by atoms with Crippen LogP contribution in [0.15, 0.2) is 0 Å². The third-order valence-corrected chi connectivity index (χ3v) is 63.9. The van der Waals surface area contributed by atoms with Gasteiger partial charge in [-0.25, -0.2) is 0 Å². The second kappa shape index (κ2) is 53.3. The fraction of sp³-hybridized carbons (Fsp3) is 1.00. The molecule has 0 heterocycles. The molecule has 0 amide bonds. The first-order valence-electron chi connectivity index (χ1n) is 45.6. The van der Waals surface area contributed by atoms with E-state index < -0.39 is 73.8 Å². The van der Waals surface area contributed by atoms with Crippen LogP contribution in [0.2, 0.25) is 0 Å². The molecule has 0 unspecified atom stereocenters. The van der Waals surface area contributed by atoms with Crippen molar-refractivity contribution >= 4 is 0 Å². The van der Waals surface area contributed by atoms with Gasteiger partial charge in [-0.3, -0.25) is 0 Å². The molecule has 0 bridgehead atoms. The van der Waals surface area contributed by atoms with Crippen molar-refractivity contribution in [3.8, 4) is 0 Å². The average Bonchev–Trinajstić information content (AvgIpc) is 0.666. The average molecular weight is 2050 g/mol. The summed E-state index contributed by atoms with van der Waals surface area (Å²) < 4.78 is 230. The Hall–Kier alpha value is 2.66. The van der Waals surface area contributed by atoms with Crippen molar-refractivity contribution < 1.29 is 180 Å². The summed E-state index contributed by atoms with van der Waals surface area (Å²) in [4.78, 5) is 0. The van der Waals surface area contributed by atoms with E-state index in [4.69, 9.17) is 56.3 Å². The summed E-state index contributed by atoms with van der Waals surface area (Å²) in [6, 6.07) is 0. The molecule has 0 aromatic carbocycles. The standard InChI is InChI=1S/20C4H9O.8O.5Zr/c20*1-2-3-4-5;;;;;;;;;;;;;/h20*2-4H2,1H3;;;;;;;;;;;;;/q20*-1;;;;;4*-1;+4;4*+5. The van der Waals surface area contributed by atoms with E-state index in [0.29, 0.717) is 128 Å². The maximum Gasteiger partial charge on any atom is 4.00 e. The van der Waals surface area contributed by atoms with Crippen molar-refractivity contribution in [2.24, 2.45) is 0 Å². The Labute approximate surface area is 700 Å². The molecule has 0 aliphatic rings. The van der Waals surface area contributed by atoms with Crippen LogP contribution < -0.4 is 12.7 Å². The Kier molecular flexibility index (Phi) is 58.6. The summed E-state index contributed by atoms with van der Waals surface area (Å²) in [5.41, 5.74) is 0. The van der Waals surface area contributed by atoms with Gasteiger partial charge in [0.1, 0.15) is 0 Å². The molecule has 688 valence electrons. The summed E-state index contributed by atoms with van der Waals surface area (Å²) in [6.07, 6.45) is 25.4. The van der Waals surface area contributed by atoms with Gasteiger partial charge in [-0.2, -0.15) is 0 Å². The summed E-state index contributed by atoms with van der Waals surface area (Å²) >= 11 is -35.3. The molecule has 0 spiro atoms. The Balaban J connectivity index is -0.000000457. The normalized spacial score (nSPS) is 16.1. The van der Waals surface area contributed by atoms with Gasteiger partial charge in [-0.1, -0.05) is 0 Å². The number of rotatable bonds is 80. The molecule has 0 aromatic heterocycles. The van der Waals surface area contributed by atoms with E-state index in [2.05, 4.69) is 0 Å². The zero-order valence-electron chi connectivity index (χ0n) is 76.4. The number of unbranched alkanes of at least 4 members (excludes halogenated alkanes) is 20. The molecule has 33 heteroatoms. The van der Waals surface area contributed by atoms with Crippen molar-refractivity contribution in [2.45, 2.75) is 395 Å². The van der Waals surface area contributed by atoms with Crippen LogP contribution in [-0.2, 0) is 168 Å². The van der Waals surface area contributed by atoms with Crippen LogP contribution in [0.5, 0.6) is 0 Å². The van der Waals surface area contributed by atoms with E-state index in [1.54, 1.807) is 0 Å². The van der Waals surface area contributed by atoms with Crippen LogP contribution >= 0.6 is 0 Å². The minimum absolute atomic E-state index is 0. The van der Waals surface area contributed by atoms with Crippen LogP contribution in [0.3, 0.4) is 0 Å². The molecule has 0 atom stereocenters. The Bertz CT molecular complexity index is 2140. The van der Waals surface area contributed by atoms with E-state index >= 15 is 0 Å². The Morgan fingerprint density at radius 2 is 0.177 bits per heavy atom. The quantitative estimate of drug-likeness (QED) is 0.0510. The molecule has 0 aliphatic heterocycles. The van der Waals surface area contributed by atoms with Gasteiger partial charge in [0, 0.05) is 0 Å². The maximum atomic E-state index is 14.7. The van der Waals surface area contributed by atoms with Crippen LogP contribution in [0, 0.1) is 0 Å². The Morgan fingerprint density at radius 1 is 0.133 bits per heavy atom. The molecule has 0 aromatic rings. The second-order valence-corrected chi connectivity index (χ2v) is 79.6. The summed E-state index contributed by atoms with van der Waals surface area (Å²) in [7, 11) is 0. The molecule has 0 N–H and O–H groups in total. The van der Waals surface area contributed by atoms with Gasteiger partial charge < -0.3 is 0 Å². The summed E-state index contributed by atoms with van der Waals surface area (Å²) in [5.74, 6) is 0. The van der Waals surface area contributed by atoms with Gasteiger partial charge in [-0.15, -0.1) is 0 Å². The monoisotopic (exact) mass is 2040 g/mol. The van der Waals surface area contributed by atoms with Crippen LogP contribution in [0.1, 0.15) is 395 Å². The van der Waals surface area contributed by atoms with E-state index in [1.807, 2.05) is 138 Å². The molecule has 0 saturated heterocycles. The summed E-state index contributed by atoms with van der Waals surface area (Å²) in [6.45, 7) is 36.8. The van der Waals surface area contributed by atoms with Gasteiger partial charge in [-0.05, 0) is 0 Å². The Morgan fingerprint density at radius 3 is 0.212 bits per heavy atom. The zero-order valence-corrected chi connectivity index (χ0v) is 88.6. The predicted octanol–water partition coefficient (Wildman–Crippen LogP) is 20.1. The molecule has 113 heavy (non-hydrogen) atoms. The van der Waals surface area contributed by atoms with Gasteiger partial charge >= 0.3 is 708 Å².